The third-order valence-electron chi connectivity index (χ3n) is 3.50. The topological polar surface area (TPSA) is 44.5 Å². The molecule has 22 heavy (non-hydrogen) atoms. The van der Waals surface area contributed by atoms with E-state index in [1.807, 2.05) is 24.3 Å². The maximum atomic E-state index is 5.74. The van der Waals surface area contributed by atoms with Crippen molar-refractivity contribution in [2.45, 2.75) is 26.2 Å². The number of hydrogen-bond acceptors (Lipinski definition) is 3. The van der Waals surface area contributed by atoms with Crippen LogP contribution in [0.3, 0.4) is 0 Å². The summed E-state index contributed by atoms with van der Waals surface area (Å²) in [6.45, 7) is 6.09. The zero-order valence-corrected chi connectivity index (χ0v) is 13.4. The molecule has 2 N–H and O–H groups in total. The minimum Gasteiger partial charge on any atom is -0.490 e. The first kappa shape index (κ1) is 16.4. The molecule has 3 nitrogen and oxygen atoms in total. The normalized spacial score (nSPS) is 10.7. The minimum atomic E-state index is 0.506. The largest absolute Gasteiger partial charge is 0.490 e. The van der Waals surface area contributed by atoms with Gasteiger partial charge in [-0.2, -0.15) is 0 Å². The zero-order chi connectivity index (χ0) is 15.8. The average Bonchev–Trinajstić information content (AvgIpc) is 2.54. The van der Waals surface area contributed by atoms with Crippen LogP contribution < -0.4 is 15.2 Å². The van der Waals surface area contributed by atoms with Crippen molar-refractivity contribution in [2.24, 2.45) is 5.73 Å². The van der Waals surface area contributed by atoms with Gasteiger partial charge in [-0.15, -0.1) is 0 Å². The van der Waals surface area contributed by atoms with Gasteiger partial charge in [-0.25, -0.2) is 0 Å². The Bertz CT molecular complexity index is 564. The van der Waals surface area contributed by atoms with E-state index in [4.69, 9.17) is 15.2 Å². The predicted octanol–water partition coefficient (Wildman–Crippen LogP) is 3.77. The number of nitrogens with two attached hydrogens (primary N) is 1. The van der Waals surface area contributed by atoms with E-state index >= 15 is 0 Å². The second-order valence-electron chi connectivity index (χ2n) is 5.61. The second kappa shape index (κ2) is 8.44. The molecule has 0 saturated carbocycles. The van der Waals surface area contributed by atoms with Gasteiger partial charge in [0.2, 0.25) is 0 Å². The minimum absolute atomic E-state index is 0.506. The maximum absolute atomic E-state index is 5.74. The molecule has 0 aliphatic heterocycles. The van der Waals surface area contributed by atoms with Gasteiger partial charge in [-0.3, -0.25) is 0 Å². The number of benzene rings is 2. The van der Waals surface area contributed by atoms with E-state index in [-0.39, 0.29) is 0 Å². The highest BCUT2D eigenvalue weighted by Gasteiger charge is 2.01. The van der Waals surface area contributed by atoms with E-state index in [9.17, 15) is 0 Å². The molecule has 0 aromatic heterocycles. The molecular formula is C19H25NO2. The molecular weight excluding hydrogens is 274 g/mol. The lowest BCUT2D eigenvalue weighted by atomic mass is 10.0. The summed E-state index contributed by atoms with van der Waals surface area (Å²) >= 11 is 0. The van der Waals surface area contributed by atoms with Gasteiger partial charge in [-0.1, -0.05) is 38.1 Å². The lowest BCUT2D eigenvalue weighted by Gasteiger charge is -2.11. The summed E-state index contributed by atoms with van der Waals surface area (Å²) < 4.78 is 11.4. The van der Waals surface area contributed by atoms with Gasteiger partial charge in [0, 0.05) is 0 Å². The first-order valence-electron chi connectivity index (χ1n) is 7.83. The molecule has 0 saturated heterocycles. The molecule has 0 aliphatic rings. The van der Waals surface area contributed by atoms with E-state index in [0.29, 0.717) is 25.7 Å². The third-order valence-corrected chi connectivity index (χ3v) is 3.50. The maximum Gasteiger partial charge on any atom is 0.122 e. The van der Waals surface area contributed by atoms with Gasteiger partial charge in [0.15, 0.2) is 0 Å². The fraction of sp³-hybridized carbons (Fsp3) is 0.368. The smallest absolute Gasteiger partial charge is 0.122 e. The molecule has 2 aromatic carbocycles. The highest BCUT2D eigenvalue weighted by molar-refractivity contribution is 5.30. The molecule has 2 rings (SSSR count). The number of rotatable bonds is 8. The second-order valence-corrected chi connectivity index (χ2v) is 5.61. The molecule has 0 amide bonds. The molecule has 0 heterocycles. The fourth-order valence-electron chi connectivity index (χ4n) is 2.20. The first-order chi connectivity index (χ1) is 10.7. The molecule has 2 aromatic rings. The van der Waals surface area contributed by atoms with Crippen LogP contribution in [0.5, 0.6) is 11.5 Å². The van der Waals surface area contributed by atoms with Crippen LogP contribution >= 0.6 is 0 Å². The molecule has 0 atom stereocenters. The predicted molar refractivity (Wildman–Crippen MR) is 90.7 cm³/mol. The van der Waals surface area contributed by atoms with Crippen LogP contribution in [0.15, 0.2) is 48.5 Å². The Balaban J connectivity index is 1.76. The van der Waals surface area contributed by atoms with Crippen LogP contribution in [0.1, 0.15) is 30.9 Å². The van der Waals surface area contributed by atoms with E-state index in [2.05, 4.69) is 38.1 Å². The van der Waals surface area contributed by atoms with Crippen LogP contribution in [0, 0.1) is 0 Å². The van der Waals surface area contributed by atoms with Gasteiger partial charge in [-0.05, 0) is 54.3 Å². The summed E-state index contributed by atoms with van der Waals surface area (Å²) in [4.78, 5) is 0. The van der Waals surface area contributed by atoms with Gasteiger partial charge in [0.1, 0.15) is 24.7 Å². The van der Waals surface area contributed by atoms with Crippen LogP contribution in [0.25, 0.3) is 0 Å². The van der Waals surface area contributed by atoms with Crippen molar-refractivity contribution in [1.82, 2.24) is 0 Å². The standard InChI is InChI=1S/C19H25NO2/c1-15(2)17-4-3-5-19(14-17)22-13-12-21-18-8-6-16(7-9-18)10-11-20/h3-9,14-15H,10-13,20H2,1-2H3. The lowest BCUT2D eigenvalue weighted by Crippen LogP contribution is -2.09. The Kier molecular flexibility index (Phi) is 6.28. The SMILES string of the molecule is CC(C)c1cccc(OCCOc2ccc(CCN)cc2)c1. The summed E-state index contributed by atoms with van der Waals surface area (Å²) in [5.41, 5.74) is 8.05. The van der Waals surface area contributed by atoms with Crippen molar-refractivity contribution in [3.05, 3.63) is 59.7 Å². The molecule has 0 radical (unpaired) electrons. The number of ether oxygens (including phenoxy) is 2. The first-order valence-corrected chi connectivity index (χ1v) is 7.83. The number of hydrogen-bond donors (Lipinski definition) is 1. The monoisotopic (exact) mass is 299 g/mol. The highest BCUT2D eigenvalue weighted by Crippen LogP contribution is 2.20. The van der Waals surface area contributed by atoms with Gasteiger partial charge in [0.25, 0.3) is 0 Å². The van der Waals surface area contributed by atoms with Crippen LogP contribution in [-0.4, -0.2) is 19.8 Å². The van der Waals surface area contributed by atoms with Gasteiger partial charge >= 0.3 is 0 Å². The fourth-order valence-corrected chi connectivity index (χ4v) is 2.20. The van der Waals surface area contributed by atoms with Crippen molar-refractivity contribution in [3.8, 4) is 11.5 Å². The summed E-state index contributed by atoms with van der Waals surface area (Å²) in [6, 6.07) is 16.3. The molecule has 0 bridgehead atoms. The van der Waals surface area contributed by atoms with Crippen LogP contribution in [0.2, 0.25) is 0 Å². The molecule has 0 spiro atoms. The summed E-state index contributed by atoms with van der Waals surface area (Å²) in [7, 11) is 0. The van der Waals surface area contributed by atoms with Gasteiger partial charge in [0.05, 0.1) is 0 Å². The highest BCUT2D eigenvalue weighted by atomic mass is 16.5. The van der Waals surface area contributed by atoms with Crippen molar-refractivity contribution in [1.29, 1.82) is 0 Å². The van der Waals surface area contributed by atoms with E-state index < -0.39 is 0 Å². The molecule has 0 unspecified atom stereocenters. The van der Waals surface area contributed by atoms with Crippen LogP contribution in [0.4, 0.5) is 0 Å². The quantitative estimate of drug-likeness (QED) is 0.755. The molecule has 3 heteroatoms. The Morgan fingerprint density at radius 3 is 2.23 bits per heavy atom. The Morgan fingerprint density at radius 2 is 1.59 bits per heavy atom. The molecule has 118 valence electrons. The van der Waals surface area contributed by atoms with E-state index in [1.165, 1.54) is 11.1 Å². The molecule has 0 fully saturated rings. The Labute approximate surface area is 133 Å². The van der Waals surface area contributed by atoms with E-state index in [1.54, 1.807) is 0 Å². The van der Waals surface area contributed by atoms with Gasteiger partial charge < -0.3 is 15.2 Å². The van der Waals surface area contributed by atoms with Crippen molar-refractivity contribution < 1.29 is 9.47 Å². The van der Waals surface area contributed by atoms with Crippen molar-refractivity contribution in [3.63, 3.8) is 0 Å². The summed E-state index contributed by atoms with van der Waals surface area (Å²) in [5, 5.41) is 0. The summed E-state index contributed by atoms with van der Waals surface area (Å²) in [5.74, 6) is 2.26. The molecule has 0 aliphatic carbocycles. The Hall–Kier alpha value is -2.00. The average molecular weight is 299 g/mol. The third kappa shape index (κ3) is 5.08. The van der Waals surface area contributed by atoms with Crippen LogP contribution in [-0.2, 0) is 6.42 Å². The van der Waals surface area contributed by atoms with E-state index in [0.717, 1.165) is 17.9 Å². The van der Waals surface area contributed by atoms with Crippen molar-refractivity contribution >= 4 is 0 Å². The Morgan fingerprint density at radius 1 is 0.909 bits per heavy atom. The zero-order valence-electron chi connectivity index (χ0n) is 13.4. The van der Waals surface area contributed by atoms with Crippen molar-refractivity contribution in [2.75, 3.05) is 19.8 Å². The summed E-state index contributed by atoms with van der Waals surface area (Å²) in [6.07, 6.45) is 0.898. The lowest BCUT2D eigenvalue weighted by molar-refractivity contribution is 0.217.